The molecule has 1 aromatic carbocycles. The highest BCUT2D eigenvalue weighted by Crippen LogP contribution is 2.41. The number of carbonyl (C=O) groups excluding carboxylic acids is 1. The quantitative estimate of drug-likeness (QED) is 0.393. The molecule has 0 spiro atoms. The Labute approximate surface area is 207 Å². The fourth-order valence-electron chi connectivity index (χ4n) is 3.78. The van der Waals surface area contributed by atoms with Crippen LogP contribution in [0.2, 0.25) is 5.02 Å². The summed E-state index contributed by atoms with van der Waals surface area (Å²) in [4.78, 5) is 30.6. The van der Waals surface area contributed by atoms with Crippen LogP contribution < -0.4 is 10.1 Å². The molecule has 9 heteroatoms. The van der Waals surface area contributed by atoms with E-state index in [1.165, 1.54) is 6.33 Å². The third kappa shape index (κ3) is 4.68. The highest BCUT2D eigenvalue weighted by atomic mass is 35.5. The number of ether oxygens (including phenoxy) is 1. The maximum absolute atomic E-state index is 12.3. The van der Waals surface area contributed by atoms with Gasteiger partial charge >= 0.3 is 0 Å². The minimum absolute atomic E-state index is 0.137. The number of benzene rings is 1. The molecule has 35 heavy (non-hydrogen) atoms. The van der Waals surface area contributed by atoms with Crippen molar-refractivity contribution in [2.24, 2.45) is 0 Å². The van der Waals surface area contributed by atoms with Gasteiger partial charge in [-0.1, -0.05) is 17.5 Å². The normalized spacial score (nSPS) is 13.9. The van der Waals surface area contributed by atoms with Crippen molar-refractivity contribution in [2.75, 3.05) is 6.54 Å². The third-order valence-corrected chi connectivity index (χ3v) is 6.22. The molecule has 0 aliphatic heterocycles. The first-order valence-corrected chi connectivity index (χ1v) is 11.6. The van der Waals surface area contributed by atoms with Crippen molar-refractivity contribution in [2.45, 2.75) is 38.8 Å². The van der Waals surface area contributed by atoms with E-state index in [0.717, 1.165) is 24.1 Å². The number of aryl methyl sites for hydroxylation is 1. The fourth-order valence-corrected chi connectivity index (χ4v) is 4.04. The van der Waals surface area contributed by atoms with E-state index in [1.54, 1.807) is 24.4 Å². The predicted octanol–water partition coefficient (Wildman–Crippen LogP) is 4.19. The Hall–Kier alpha value is -3.96. The molecule has 1 aliphatic carbocycles. The van der Waals surface area contributed by atoms with Gasteiger partial charge in [-0.2, -0.15) is 4.98 Å². The van der Waals surface area contributed by atoms with Crippen LogP contribution >= 0.6 is 11.6 Å². The molecule has 1 N–H and O–H groups in total. The second kappa shape index (κ2) is 9.01. The number of halogens is 1. The maximum atomic E-state index is 12.3. The van der Waals surface area contributed by atoms with Crippen molar-refractivity contribution in [1.82, 2.24) is 29.8 Å². The van der Waals surface area contributed by atoms with Crippen LogP contribution in [-0.2, 0) is 6.54 Å². The van der Waals surface area contributed by atoms with Crippen LogP contribution in [0.5, 0.6) is 5.88 Å². The molecule has 8 nitrogen and oxygen atoms in total. The van der Waals surface area contributed by atoms with E-state index in [4.69, 9.17) is 27.7 Å². The van der Waals surface area contributed by atoms with Gasteiger partial charge in [0.05, 0.1) is 23.8 Å². The van der Waals surface area contributed by atoms with E-state index in [-0.39, 0.29) is 18.1 Å². The summed E-state index contributed by atoms with van der Waals surface area (Å²) in [5.41, 5.74) is 3.94. The van der Waals surface area contributed by atoms with Crippen molar-refractivity contribution >= 4 is 28.7 Å². The summed E-state index contributed by atoms with van der Waals surface area (Å²) in [6.45, 7) is 4.62. The van der Waals surface area contributed by atoms with Crippen LogP contribution in [0.1, 0.15) is 41.4 Å². The van der Waals surface area contributed by atoms with Crippen LogP contribution in [0.4, 0.5) is 0 Å². The number of hydrogen-bond acceptors (Lipinski definition) is 6. The Kier molecular flexibility index (Phi) is 5.87. The zero-order valence-corrected chi connectivity index (χ0v) is 20.1. The van der Waals surface area contributed by atoms with E-state index in [1.807, 2.05) is 23.6 Å². The van der Waals surface area contributed by atoms with E-state index in [2.05, 4.69) is 33.1 Å². The van der Waals surface area contributed by atoms with Gasteiger partial charge < -0.3 is 14.6 Å². The summed E-state index contributed by atoms with van der Waals surface area (Å²) >= 11 is 6.67. The number of carbonyl (C=O) groups is 1. The summed E-state index contributed by atoms with van der Waals surface area (Å²) in [5, 5.41) is 3.02. The van der Waals surface area contributed by atoms with Gasteiger partial charge in [0.15, 0.2) is 11.2 Å². The average Bonchev–Trinajstić information content (AvgIpc) is 3.45. The molecule has 0 atom stereocenters. The third-order valence-electron chi connectivity index (χ3n) is 5.91. The van der Waals surface area contributed by atoms with Crippen LogP contribution in [-0.4, -0.2) is 42.6 Å². The maximum Gasteiger partial charge on any atom is 0.252 e. The predicted molar refractivity (Wildman–Crippen MR) is 133 cm³/mol. The van der Waals surface area contributed by atoms with Crippen LogP contribution in [0.25, 0.3) is 22.6 Å². The van der Waals surface area contributed by atoms with Gasteiger partial charge in [-0.15, -0.1) is 6.42 Å². The van der Waals surface area contributed by atoms with E-state index < -0.39 is 0 Å². The molecule has 3 heterocycles. The fraction of sp³-hybridized carbons (Fsp3) is 0.269. The van der Waals surface area contributed by atoms with Gasteiger partial charge in [0.2, 0.25) is 5.88 Å². The number of terminal acetylenes is 1. The first-order valence-electron chi connectivity index (χ1n) is 11.2. The number of aromatic nitrogens is 5. The van der Waals surface area contributed by atoms with Crippen molar-refractivity contribution in [3.8, 4) is 29.6 Å². The summed E-state index contributed by atoms with van der Waals surface area (Å²) in [6.07, 6.45) is 10.4. The SMILES string of the molecule is C#CCNC(=O)c1ccc(-c2nc3c(OC4(C)CC4)ncnc3n2Cc2cc(C)ccn2)c(Cl)c1. The van der Waals surface area contributed by atoms with Gasteiger partial charge in [0.25, 0.3) is 5.91 Å². The zero-order valence-electron chi connectivity index (χ0n) is 19.4. The number of amides is 1. The topological polar surface area (TPSA) is 94.8 Å². The first-order chi connectivity index (χ1) is 16.9. The Bertz CT molecular complexity index is 1490. The molecular formula is C26H23ClN6O2. The molecule has 3 aromatic heterocycles. The van der Waals surface area contributed by atoms with Crippen molar-refractivity contribution < 1.29 is 9.53 Å². The van der Waals surface area contributed by atoms with Crippen molar-refractivity contribution in [3.63, 3.8) is 0 Å². The van der Waals surface area contributed by atoms with Gasteiger partial charge in [-0.3, -0.25) is 9.78 Å². The number of pyridine rings is 1. The largest absolute Gasteiger partial charge is 0.470 e. The molecular weight excluding hydrogens is 464 g/mol. The van der Waals surface area contributed by atoms with E-state index >= 15 is 0 Å². The van der Waals surface area contributed by atoms with E-state index in [0.29, 0.717) is 45.6 Å². The Morgan fingerprint density at radius 1 is 1.26 bits per heavy atom. The summed E-state index contributed by atoms with van der Waals surface area (Å²) in [7, 11) is 0. The molecule has 0 saturated heterocycles. The van der Waals surface area contributed by atoms with Gasteiger partial charge in [-0.05, 0) is 62.6 Å². The minimum atomic E-state index is -0.298. The molecule has 0 radical (unpaired) electrons. The monoisotopic (exact) mass is 486 g/mol. The number of fused-ring (bicyclic) bond motifs is 1. The van der Waals surface area contributed by atoms with Crippen LogP contribution in [0.3, 0.4) is 0 Å². The lowest BCUT2D eigenvalue weighted by Gasteiger charge is -2.12. The molecule has 1 saturated carbocycles. The molecule has 0 bridgehead atoms. The molecule has 176 valence electrons. The molecule has 1 fully saturated rings. The van der Waals surface area contributed by atoms with Crippen molar-refractivity contribution in [3.05, 3.63) is 64.7 Å². The lowest BCUT2D eigenvalue weighted by molar-refractivity contribution is 0.0958. The number of hydrogen-bond donors (Lipinski definition) is 1. The summed E-state index contributed by atoms with van der Waals surface area (Å²) < 4.78 is 8.12. The molecule has 5 rings (SSSR count). The highest BCUT2D eigenvalue weighted by molar-refractivity contribution is 6.33. The lowest BCUT2D eigenvalue weighted by atomic mass is 10.1. The Morgan fingerprint density at radius 3 is 2.80 bits per heavy atom. The zero-order chi connectivity index (χ0) is 24.6. The van der Waals surface area contributed by atoms with Gasteiger partial charge in [-0.25, -0.2) is 9.97 Å². The van der Waals surface area contributed by atoms with Crippen molar-refractivity contribution in [1.29, 1.82) is 0 Å². The highest BCUT2D eigenvalue weighted by Gasteiger charge is 2.41. The smallest absolute Gasteiger partial charge is 0.252 e. The molecule has 1 aliphatic rings. The average molecular weight is 487 g/mol. The van der Waals surface area contributed by atoms with Crippen LogP contribution in [0.15, 0.2) is 42.9 Å². The molecule has 1 amide bonds. The first kappa shape index (κ1) is 22.8. The lowest BCUT2D eigenvalue weighted by Crippen LogP contribution is -2.23. The molecule has 4 aromatic rings. The Morgan fingerprint density at radius 2 is 2.09 bits per heavy atom. The second-order valence-electron chi connectivity index (χ2n) is 8.83. The number of nitrogens with one attached hydrogen (secondary N) is 1. The van der Waals surface area contributed by atoms with E-state index in [9.17, 15) is 4.79 Å². The van der Waals surface area contributed by atoms with Crippen LogP contribution in [0, 0.1) is 19.3 Å². The standard InChI is InChI=1S/C26H23ClN6O2/c1-4-10-29-24(34)17-5-6-19(20(27)13-17)22-32-21-23(30-15-31-25(21)35-26(3)8-9-26)33(22)14-18-12-16(2)7-11-28-18/h1,5-7,11-13,15H,8-10,14H2,2-3H3,(H,29,34). The summed E-state index contributed by atoms with van der Waals surface area (Å²) in [5.74, 6) is 3.11. The second-order valence-corrected chi connectivity index (χ2v) is 9.24. The van der Waals surface area contributed by atoms with Gasteiger partial charge in [0, 0.05) is 17.3 Å². The van der Waals surface area contributed by atoms with Gasteiger partial charge in [0.1, 0.15) is 17.8 Å². The number of rotatable bonds is 7. The number of nitrogens with zero attached hydrogens (tertiary/aromatic N) is 5. The molecule has 0 unspecified atom stereocenters. The number of imidazole rings is 1. The Balaban J connectivity index is 1.63. The summed E-state index contributed by atoms with van der Waals surface area (Å²) in [6, 6.07) is 9.02. The minimum Gasteiger partial charge on any atom is -0.470 e.